The summed E-state index contributed by atoms with van der Waals surface area (Å²) in [6, 6.07) is 16.3. The quantitative estimate of drug-likeness (QED) is 0.368. The molecule has 0 bridgehead atoms. The van der Waals surface area contributed by atoms with Gasteiger partial charge < -0.3 is 14.6 Å². The Morgan fingerprint density at radius 3 is 1.74 bits per heavy atom. The Morgan fingerprint density at radius 2 is 1.29 bits per heavy atom. The first kappa shape index (κ1) is 27.9. The molecular formula is C30H47NO3Si. The highest BCUT2D eigenvalue weighted by Crippen LogP contribution is 2.43. The second-order valence-electron chi connectivity index (χ2n) is 11.6. The lowest BCUT2D eigenvalue weighted by Crippen LogP contribution is -2.50. The van der Waals surface area contributed by atoms with E-state index in [9.17, 15) is 10.2 Å². The van der Waals surface area contributed by atoms with Crippen LogP contribution < -0.4 is 4.43 Å². The molecule has 3 rings (SSSR count). The second-order valence-corrected chi connectivity index (χ2v) is 17.0. The first-order valence-corrected chi connectivity index (χ1v) is 15.6. The van der Waals surface area contributed by atoms with Crippen molar-refractivity contribution in [2.45, 2.75) is 103 Å². The van der Waals surface area contributed by atoms with Crippen LogP contribution in [0.5, 0.6) is 5.75 Å². The molecule has 1 fully saturated rings. The van der Waals surface area contributed by atoms with E-state index in [4.69, 9.17) is 4.43 Å². The highest BCUT2D eigenvalue weighted by molar-refractivity contribution is 6.78. The standard InChI is InChI=1S/C30H47NO3Si/c1-21(2)35(22(3)4,23(5)6)34-28-15-11-26(12-16-28)29(32)25(8)31-19-17-30(33,18-20-31)27-13-9-24(7)10-14-27/h9-16,21-23,25,29,32-33H,17-20H2,1-8H3/t25-,29+/m0/s1. The molecule has 0 amide bonds. The molecule has 1 aliphatic rings. The zero-order valence-electron chi connectivity index (χ0n) is 23.1. The second kappa shape index (κ2) is 11.2. The summed E-state index contributed by atoms with van der Waals surface area (Å²) in [5.74, 6) is 0.914. The maximum absolute atomic E-state index is 11.2. The summed E-state index contributed by atoms with van der Waals surface area (Å²) in [4.78, 5) is 2.30. The molecule has 2 aromatic carbocycles. The maximum Gasteiger partial charge on any atom is 0.258 e. The fourth-order valence-corrected chi connectivity index (χ4v) is 11.5. The van der Waals surface area contributed by atoms with Gasteiger partial charge in [-0.15, -0.1) is 0 Å². The summed E-state index contributed by atoms with van der Waals surface area (Å²) >= 11 is 0. The summed E-state index contributed by atoms with van der Waals surface area (Å²) in [5.41, 5.74) is 3.88. The number of likely N-dealkylation sites (tertiary alicyclic amines) is 1. The van der Waals surface area contributed by atoms with Gasteiger partial charge in [-0.2, -0.15) is 0 Å². The van der Waals surface area contributed by atoms with Crippen molar-refractivity contribution in [3.8, 4) is 5.75 Å². The van der Waals surface area contributed by atoms with Gasteiger partial charge in [-0.05, 0) is 66.6 Å². The van der Waals surface area contributed by atoms with Gasteiger partial charge in [0.05, 0.1) is 11.7 Å². The van der Waals surface area contributed by atoms with Crippen LogP contribution in [0.3, 0.4) is 0 Å². The number of aliphatic hydroxyl groups is 2. The average Bonchev–Trinajstić information content (AvgIpc) is 2.82. The van der Waals surface area contributed by atoms with Gasteiger partial charge in [0, 0.05) is 19.1 Å². The van der Waals surface area contributed by atoms with E-state index in [2.05, 4.69) is 72.4 Å². The number of rotatable bonds is 9. The molecule has 0 radical (unpaired) electrons. The molecule has 5 heteroatoms. The van der Waals surface area contributed by atoms with E-state index in [1.54, 1.807) is 0 Å². The molecule has 0 aliphatic carbocycles. The molecule has 1 aliphatic heterocycles. The van der Waals surface area contributed by atoms with Crippen LogP contribution in [0.1, 0.15) is 84.1 Å². The number of piperidine rings is 1. The average molecular weight is 498 g/mol. The van der Waals surface area contributed by atoms with E-state index < -0.39 is 20.0 Å². The Balaban J connectivity index is 1.66. The van der Waals surface area contributed by atoms with Gasteiger partial charge in [-0.25, -0.2) is 0 Å². The normalized spacial score (nSPS) is 18.8. The van der Waals surface area contributed by atoms with Crippen LogP contribution in [0.2, 0.25) is 16.6 Å². The van der Waals surface area contributed by atoms with Crippen molar-refractivity contribution in [3.63, 3.8) is 0 Å². The largest absolute Gasteiger partial charge is 0.543 e. The van der Waals surface area contributed by atoms with Gasteiger partial charge >= 0.3 is 0 Å². The minimum atomic E-state index is -2.00. The highest BCUT2D eigenvalue weighted by Gasteiger charge is 2.47. The van der Waals surface area contributed by atoms with Crippen molar-refractivity contribution in [1.82, 2.24) is 4.90 Å². The van der Waals surface area contributed by atoms with Gasteiger partial charge in [-0.3, -0.25) is 4.90 Å². The van der Waals surface area contributed by atoms with Crippen LogP contribution in [-0.2, 0) is 5.60 Å². The lowest BCUT2D eigenvalue weighted by Gasteiger charge is -2.42. The number of aliphatic hydroxyl groups excluding tert-OH is 1. The number of hydrogen-bond donors (Lipinski definition) is 2. The first-order valence-electron chi connectivity index (χ1n) is 13.4. The summed E-state index contributed by atoms with van der Waals surface area (Å²) in [5, 5.41) is 22.4. The van der Waals surface area contributed by atoms with Crippen LogP contribution >= 0.6 is 0 Å². The molecule has 0 spiro atoms. The molecule has 4 nitrogen and oxygen atoms in total. The summed E-state index contributed by atoms with van der Waals surface area (Å²) in [6.45, 7) is 19.4. The molecule has 0 saturated carbocycles. The number of benzene rings is 2. The summed E-state index contributed by atoms with van der Waals surface area (Å²) < 4.78 is 6.79. The molecule has 35 heavy (non-hydrogen) atoms. The molecule has 194 valence electrons. The summed E-state index contributed by atoms with van der Waals surface area (Å²) in [6.07, 6.45) is 0.759. The third-order valence-corrected chi connectivity index (χ3v) is 14.5. The van der Waals surface area contributed by atoms with Crippen LogP contribution in [-0.4, -0.2) is 42.6 Å². The van der Waals surface area contributed by atoms with Crippen molar-refractivity contribution >= 4 is 8.32 Å². The zero-order chi connectivity index (χ0) is 26.0. The number of nitrogens with zero attached hydrogens (tertiary/aromatic N) is 1. The highest BCUT2D eigenvalue weighted by atomic mass is 28.4. The van der Waals surface area contributed by atoms with E-state index in [0.717, 1.165) is 30.0 Å². The summed E-state index contributed by atoms with van der Waals surface area (Å²) in [7, 11) is -2.00. The third kappa shape index (κ3) is 5.85. The van der Waals surface area contributed by atoms with Crippen LogP contribution in [0.25, 0.3) is 0 Å². The van der Waals surface area contributed by atoms with Gasteiger partial charge in [0.15, 0.2) is 0 Å². The van der Waals surface area contributed by atoms with Gasteiger partial charge in [-0.1, -0.05) is 83.5 Å². The van der Waals surface area contributed by atoms with Crippen LogP contribution in [0.4, 0.5) is 0 Å². The Kier molecular flexibility index (Phi) is 8.90. The first-order chi connectivity index (χ1) is 16.4. The van der Waals surface area contributed by atoms with Gasteiger partial charge in [0.2, 0.25) is 0 Å². The Labute approximate surface area is 214 Å². The SMILES string of the molecule is Cc1ccc(C2(O)CCN([C@@H](C)[C@@H](O)c3ccc(O[Si](C(C)C)(C(C)C)C(C)C)cc3)CC2)cc1. The smallest absolute Gasteiger partial charge is 0.258 e. The van der Waals surface area contributed by atoms with Crippen LogP contribution in [0.15, 0.2) is 48.5 Å². The van der Waals surface area contributed by atoms with Gasteiger partial charge in [0.1, 0.15) is 5.75 Å². The molecule has 0 aromatic heterocycles. The van der Waals surface area contributed by atoms with Crippen molar-refractivity contribution in [2.75, 3.05) is 13.1 Å². The number of aryl methyl sites for hydroxylation is 1. The van der Waals surface area contributed by atoms with Crippen molar-refractivity contribution in [1.29, 1.82) is 0 Å². The Morgan fingerprint density at radius 1 is 0.800 bits per heavy atom. The Hall–Kier alpha value is -1.66. The zero-order valence-corrected chi connectivity index (χ0v) is 24.1. The van der Waals surface area contributed by atoms with E-state index in [1.807, 2.05) is 36.4 Å². The van der Waals surface area contributed by atoms with Crippen LogP contribution in [0, 0.1) is 6.92 Å². The molecule has 0 unspecified atom stereocenters. The van der Waals surface area contributed by atoms with Crippen molar-refractivity contribution in [3.05, 3.63) is 65.2 Å². The fraction of sp³-hybridized carbons (Fsp3) is 0.600. The van der Waals surface area contributed by atoms with E-state index in [1.165, 1.54) is 5.56 Å². The topological polar surface area (TPSA) is 52.9 Å². The van der Waals surface area contributed by atoms with Gasteiger partial charge in [0.25, 0.3) is 8.32 Å². The maximum atomic E-state index is 11.2. The molecule has 1 heterocycles. The molecule has 2 aromatic rings. The monoisotopic (exact) mass is 497 g/mol. The van der Waals surface area contributed by atoms with E-state index in [0.29, 0.717) is 29.5 Å². The predicted molar refractivity (Wildman–Crippen MR) is 148 cm³/mol. The lowest BCUT2D eigenvalue weighted by atomic mass is 9.83. The predicted octanol–water partition coefficient (Wildman–Crippen LogP) is 6.95. The van der Waals surface area contributed by atoms with Crippen molar-refractivity contribution in [2.24, 2.45) is 0 Å². The lowest BCUT2D eigenvalue weighted by molar-refractivity contribution is -0.0501. The minimum Gasteiger partial charge on any atom is -0.543 e. The molecular weight excluding hydrogens is 450 g/mol. The third-order valence-electron chi connectivity index (χ3n) is 8.47. The van der Waals surface area contributed by atoms with Crippen molar-refractivity contribution < 1.29 is 14.6 Å². The Bertz CT molecular complexity index is 909. The molecule has 1 saturated heterocycles. The minimum absolute atomic E-state index is 0.0280. The molecule has 2 atom stereocenters. The fourth-order valence-electron chi connectivity index (χ4n) is 6.22. The van der Waals surface area contributed by atoms with E-state index in [-0.39, 0.29) is 6.04 Å². The van der Waals surface area contributed by atoms with E-state index >= 15 is 0 Å². The molecule has 2 N–H and O–H groups in total. The number of hydrogen-bond acceptors (Lipinski definition) is 4.